The Hall–Kier alpha value is -2.15. The molecular weight excluding hydrogens is 338 g/mol. The minimum Gasteiger partial charge on any atom is -0.311 e. The molecular formula is C18H23N3O3S. The quantitative estimate of drug-likeness (QED) is 0.857. The topological polar surface area (TPSA) is 81.1 Å². The normalized spacial score (nSPS) is 19.0. The number of aromatic nitrogens is 2. The summed E-state index contributed by atoms with van der Waals surface area (Å²) in [4.78, 5) is 12.2. The molecule has 2 aromatic rings. The van der Waals surface area contributed by atoms with Gasteiger partial charge in [0.1, 0.15) is 5.82 Å². The molecule has 3 rings (SSSR count). The number of carbonyl (C=O) groups excluding carboxylic acids is 1. The number of carbonyl (C=O) groups is 1. The van der Waals surface area contributed by atoms with E-state index in [9.17, 15) is 13.2 Å². The van der Waals surface area contributed by atoms with Gasteiger partial charge in [-0.25, -0.2) is 13.1 Å². The third kappa shape index (κ3) is 4.69. The van der Waals surface area contributed by atoms with E-state index in [1.807, 2.05) is 25.1 Å². The van der Waals surface area contributed by atoms with Crippen LogP contribution < -0.4 is 5.32 Å². The van der Waals surface area contributed by atoms with Crippen molar-refractivity contribution in [1.29, 1.82) is 0 Å². The molecule has 0 saturated carbocycles. The Morgan fingerprint density at radius 2 is 2.08 bits per heavy atom. The number of hydrogen-bond acceptors (Lipinski definition) is 4. The number of rotatable bonds is 6. The zero-order valence-corrected chi connectivity index (χ0v) is 15.1. The summed E-state index contributed by atoms with van der Waals surface area (Å²) < 4.78 is 25.1. The Bertz CT molecular complexity index is 844. The molecule has 0 spiro atoms. The molecule has 0 radical (unpaired) electrons. The Kier molecular flexibility index (Phi) is 5.22. The number of nitrogens with one attached hydrogen (secondary N) is 1. The second-order valence-electron chi connectivity index (χ2n) is 6.56. The van der Waals surface area contributed by atoms with Crippen LogP contribution in [0.1, 0.15) is 36.6 Å². The fourth-order valence-corrected chi connectivity index (χ4v) is 4.85. The number of anilines is 1. The molecule has 134 valence electrons. The largest absolute Gasteiger partial charge is 0.311 e. The maximum Gasteiger partial charge on any atom is 0.225 e. The van der Waals surface area contributed by atoms with Crippen molar-refractivity contribution in [3.63, 3.8) is 0 Å². The van der Waals surface area contributed by atoms with Gasteiger partial charge in [0.25, 0.3) is 0 Å². The molecule has 1 fully saturated rings. The van der Waals surface area contributed by atoms with Gasteiger partial charge in [-0.05, 0) is 31.7 Å². The Labute approximate surface area is 148 Å². The monoisotopic (exact) mass is 361 g/mol. The van der Waals surface area contributed by atoms with Crippen LogP contribution in [0.4, 0.5) is 5.82 Å². The summed E-state index contributed by atoms with van der Waals surface area (Å²) in [5.41, 5.74) is 1.98. The van der Waals surface area contributed by atoms with E-state index < -0.39 is 9.84 Å². The third-order valence-corrected chi connectivity index (χ3v) is 6.14. The fourth-order valence-electron chi connectivity index (χ4n) is 3.16. The first-order valence-electron chi connectivity index (χ1n) is 8.53. The fraction of sp³-hybridized carbons (Fsp3) is 0.444. The van der Waals surface area contributed by atoms with Gasteiger partial charge in [0, 0.05) is 12.5 Å². The minimum atomic E-state index is -3.00. The van der Waals surface area contributed by atoms with Gasteiger partial charge in [0.05, 0.1) is 23.2 Å². The second kappa shape index (κ2) is 7.39. The van der Waals surface area contributed by atoms with E-state index in [1.54, 1.807) is 10.7 Å². The minimum absolute atomic E-state index is 0.0714. The van der Waals surface area contributed by atoms with Gasteiger partial charge in [-0.15, -0.1) is 0 Å². The van der Waals surface area contributed by atoms with Crippen LogP contribution in [0.3, 0.4) is 0 Å². The van der Waals surface area contributed by atoms with Gasteiger partial charge >= 0.3 is 0 Å². The lowest BCUT2D eigenvalue weighted by atomic mass is 10.1. The lowest BCUT2D eigenvalue weighted by Gasteiger charge is -2.13. The molecule has 1 saturated heterocycles. The average Bonchev–Trinajstić information content (AvgIpc) is 3.10. The zero-order chi connectivity index (χ0) is 17.9. The van der Waals surface area contributed by atoms with Crippen LogP contribution in [-0.4, -0.2) is 35.6 Å². The molecule has 1 aliphatic rings. The molecule has 1 aliphatic heterocycles. The maximum absolute atomic E-state index is 12.2. The standard InChI is InChI=1S/C18H23N3O3S/c1-14-12-17(21(20-14)16-10-11-25(23,24)13-16)19-18(22)9-5-8-15-6-3-2-4-7-15/h2-4,6-7,12,16H,5,8-11,13H2,1H3,(H,19,22)/t16-/m0/s1. The van der Waals surface area contributed by atoms with Gasteiger partial charge in [-0.3, -0.25) is 4.79 Å². The van der Waals surface area contributed by atoms with Gasteiger partial charge in [-0.1, -0.05) is 30.3 Å². The smallest absolute Gasteiger partial charge is 0.225 e. The molecule has 25 heavy (non-hydrogen) atoms. The van der Waals surface area contributed by atoms with E-state index in [-0.39, 0.29) is 23.5 Å². The summed E-state index contributed by atoms with van der Waals surface area (Å²) in [6.07, 6.45) is 2.58. The molecule has 0 unspecified atom stereocenters. The Balaban J connectivity index is 1.58. The van der Waals surface area contributed by atoms with Crippen molar-refractivity contribution in [2.45, 2.75) is 38.6 Å². The van der Waals surface area contributed by atoms with Crippen LogP contribution >= 0.6 is 0 Å². The van der Waals surface area contributed by atoms with Gasteiger partial charge in [-0.2, -0.15) is 5.10 Å². The van der Waals surface area contributed by atoms with Crippen LogP contribution in [0.2, 0.25) is 0 Å². The summed E-state index contributed by atoms with van der Waals surface area (Å²) in [7, 11) is -3.00. The van der Waals surface area contributed by atoms with Gasteiger partial charge < -0.3 is 5.32 Å². The van der Waals surface area contributed by atoms with Gasteiger partial charge in [0.2, 0.25) is 5.91 Å². The van der Waals surface area contributed by atoms with E-state index in [4.69, 9.17) is 0 Å². The first-order valence-corrected chi connectivity index (χ1v) is 10.4. The molecule has 1 atom stereocenters. The number of nitrogens with zero attached hydrogens (tertiary/aromatic N) is 2. The van der Waals surface area contributed by atoms with E-state index >= 15 is 0 Å². The van der Waals surface area contributed by atoms with Crippen LogP contribution in [-0.2, 0) is 21.1 Å². The lowest BCUT2D eigenvalue weighted by molar-refractivity contribution is -0.116. The van der Waals surface area contributed by atoms with Crippen molar-refractivity contribution >= 4 is 21.6 Å². The van der Waals surface area contributed by atoms with Crippen LogP contribution in [0.15, 0.2) is 36.4 Å². The van der Waals surface area contributed by atoms with E-state index in [0.29, 0.717) is 18.7 Å². The summed E-state index contributed by atoms with van der Waals surface area (Å²) in [6, 6.07) is 11.7. The molecule has 1 aromatic carbocycles. The average molecular weight is 361 g/mol. The highest BCUT2D eigenvalue weighted by molar-refractivity contribution is 7.91. The highest BCUT2D eigenvalue weighted by atomic mass is 32.2. The van der Waals surface area contributed by atoms with Crippen molar-refractivity contribution in [3.8, 4) is 0 Å². The highest BCUT2D eigenvalue weighted by Crippen LogP contribution is 2.27. The predicted octanol–water partition coefficient (Wildman–Crippen LogP) is 2.51. The van der Waals surface area contributed by atoms with Crippen molar-refractivity contribution < 1.29 is 13.2 Å². The Morgan fingerprint density at radius 1 is 1.32 bits per heavy atom. The van der Waals surface area contributed by atoms with Crippen LogP contribution in [0, 0.1) is 6.92 Å². The molecule has 1 amide bonds. The second-order valence-corrected chi connectivity index (χ2v) is 8.79. The van der Waals surface area contributed by atoms with Crippen LogP contribution in [0.25, 0.3) is 0 Å². The molecule has 1 aromatic heterocycles. The van der Waals surface area contributed by atoms with E-state index in [2.05, 4.69) is 22.5 Å². The summed E-state index contributed by atoms with van der Waals surface area (Å²) in [5, 5.41) is 7.27. The lowest BCUT2D eigenvalue weighted by Crippen LogP contribution is -2.19. The number of hydrogen-bond donors (Lipinski definition) is 1. The van der Waals surface area contributed by atoms with Crippen molar-refractivity contribution in [3.05, 3.63) is 47.7 Å². The van der Waals surface area contributed by atoms with Crippen molar-refractivity contribution in [2.24, 2.45) is 0 Å². The molecule has 6 nitrogen and oxygen atoms in total. The zero-order valence-electron chi connectivity index (χ0n) is 14.3. The van der Waals surface area contributed by atoms with Crippen molar-refractivity contribution in [2.75, 3.05) is 16.8 Å². The molecule has 1 N–H and O–H groups in total. The van der Waals surface area contributed by atoms with Crippen LogP contribution in [0.5, 0.6) is 0 Å². The maximum atomic E-state index is 12.2. The number of benzene rings is 1. The first-order chi connectivity index (χ1) is 11.9. The highest BCUT2D eigenvalue weighted by Gasteiger charge is 2.31. The van der Waals surface area contributed by atoms with E-state index in [0.717, 1.165) is 18.5 Å². The summed E-state index contributed by atoms with van der Waals surface area (Å²) in [6.45, 7) is 1.84. The van der Waals surface area contributed by atoms with Crippen molar-refractivity contribution in [1.82, 2.24) is 9.78 Å². The molecule has 0 aliphatic carbocycles. The summed E-state index contributed by atoms with van der Waals surface area (Å²) >= 11 is 0. The number of aryl methyl sites for hydroxylation is 2. The SMILES string of the molecule is Cc1cc(NC(=O)CCCc2ccccc2)n([C@H]2CCS(=O)(=O)C2)n1. The first kappa shape index (κ1) is 17.7. The summed E-state index contributed by atoms with van der Waals surface area (Å²) in [5.74, 6) is 0.786. The Morgan fingerprint density at radius 3 is 2.76 bits per heavy atom. The molecule has 7 heteroatoms. The van der Waals surface area contributed by atoms with E-state index in [1.165, 1.54) is 5.56 Å². The number of sulfone groups is 1. The molecule has 2 heterocycles. The predicted molar refractivity (Wildman–Crippen MR) is 97.3 cm³/mol. The molecule has 0 bridgehead atoms. The van der Waals surface area contributed by atoms with Gasteiger partial charge in [0.15, 0.2) is 9.84 Å². The third-order valence-electron chi connectivity index (χ3n) is 4.39. The number of amides is 1.